The third-order valence-electron chi connectivity index (χ3n) is 4.82. The van der Waals surface area contributed by atoms with E-state index in [0.717, 1.165) is 5.56 Å². The molecule has 0 spiro atoms. The number of aryl methyl sites for hydroxylation is 1. The molecule has 30 heavy (non-hydrogen) atoms. The largest absolute Gasteiger partial charge is 0.373 e. The van der Waals surface area contributed by atoms with E-state index in [1.807, 2.05) is 19.9 Å². The molecular formula is C21H25N3O5S. The van der Waals surface area contributed by atoms with E-state index in [4.69, 9.17) is 4.74 Å². The molecule has 0 aromatic heterocycles. The first kappa shape index (κ1) is 21.9. The Morgan fingerprint density at radius 1 is 0.933 bits per heavy atom. The third-order valence-corrected chi connectivity index (χ3v) is 6.67. The molecule has 160 valence electrons. The van der Waals surface area contributed by atoms with Crippen molar-refractivity contribution in [3.8, 4) is 0 Å². The van der Waals surface area contributed by atoms with Crippen LogP contribution < -0.4 is 10.9 Å². The van der Waals surface area contributed by atoms with Crippen molar-refractivity contribution in [1.29, 1.82) is 0 Å². The fourth-order valence-corrected chi connectivity index (χ4v) is 4.93. The number of hydrogen-bond acceptors (Lipinski definition) is 5. The molecule has 2 N–H and O–H groups in total. The molecule has 0 radical (unpaired) electrons. The molecule has 9 heteroatoms. The maximum absolute atomic E-state index is 12.9. The monoisotopic (exact) mass is 431 g/mol. The summed E-state index contributed by atoms with van der Waals surface area (Å²) < 4.78 is 32.7. The standard InChI is InChI=1S/C21H25N3O5S/c1-14-6-4-5-7-19(14)21(26)23-22-20(25)17-8-10-18(11-9-17)30(27,28)24-12-15(2)29-16(3)13-24/h4-11,15-16H,12-13H2,1-3H3,(H,22,25)(H,23,26). The lowest BCUT2D eigenvalue weighted by molar-refractivity contribution is -0.0440. The van der Waals surface area contributed by atoms with Crippen LogP contribution >= 0.6 is 0 Å². The van der Waals surface area contributed by atoms with Crippen molar-refractivity contribution in [2.24, 2.45) is 0 Å². The Hall–Kier alpha value is -2.75. The van der Waals surface area contributed by atoms with E-state index in [0.29, 0.717) is 5.56 Å². The number of nitrogens with zero attached hydrogens (tertiary/aromatic N) is 1. The number of ether oxygens (including phenoxy) is 1. The van der Waals surface area contributed by atoms with Crippen LogP contribution in [-0.2, 0) is 14.8 Å². The van der Waals surface area contributed by atoms with Crippen molar-refractivity contribution in [3.63, 3.8) is 0 Å². The summed E-state index contributed by atoms with van der Waals surface area (Å²) in [6.07, 6.45) is -0.379. The van der Waals surface area contributed by atoms with Crippen LogP contribution in [-0.4, -0.2) is 49.8 Å². The minimum absolute atomic E-state index is 0.101. The minimum atomic E-state index is -3.68. The highest BCUT2D eigenvalue weighted by Gasteiger charge is 2.32. The van der Waals surface area contributed by atoms with Crippen LogP contribution in [0.1, 0.15) is 40.1 Å². The maximum Gasteiger partial charge on any atom is 0.269 e. The summed E-state index contributed by atoms with van der Waals surface area (Å²) in [6, 6.07) is 12.6. The second-order valence-corrected chi connectivity index (χ2v) is 9.26. The molecule has 1 aliphatic rings. The van der Waals surface area contributed by atoms with Gasteiger partial charge in [0.25, 0.3) is 11.8 Å². The molecule has 8 nitrogen and oxygen atoms in total. The Morgan fingerprint density at radius 2 is 1.50 bits per heavy atom. The smallest absolute Gasteiger partial charge is 0.269 e. The van der Waals surface area contributed by atoms with E-state index >= 15 is 0 Å². The van der Waals surface area contributed by atoms with Crippen LogP contribution in [0.2, 0.25) is 0 Å². The first-order valence-corrected chi connectivity index (χ1v) is 11.0. The molecule has 1 saturated heterocycles. The molecule has 1 aliphatic heterocycles. The van der Waals surface area contributed by atoms with Gasteiger partial charge < -0.3 is 4.74 Å². The lowest BCUT2D eigenvalue weighted by Crippen LogP contribution is -2.48. The average Bonchev–Trinajstić information content (AvgIpc) is 2.71. The molecular weight excluding hydrogens is 406 g/mol. The zero-order valence-corrected chi connectivity index (χ0v) is 17.9. The van der Waals surface area contributed by atoms with Crippen molar-refractivity contribution < 1.29 is 22.7 Å². The highest BCUT2D eigenvalue weighted by molar-refractivity contribution is 7.89. The minimum Gasteiger partial charge on any atom is -0.373 e. The maximum atomic E-state index is 12.9. The van der Waals surface area contributed by atoms with Crippen LogP contribution in [0.25, 0.3) is 0 Å². The molecule has 2 aromatic rings. The molecule has 2 aromatic carbocycles. The second-order valence-electron chi connectivity index (χ2n) is 7.33. The van der Waals surface area contributed by atoms with E-state index in [2.05, 4.69) is 10.9 Å². The molecule has 1 fully saturated rings. The van der Waals surface area contributed by atoms with Gasteiger partial charge in [-0.05, 0) is 56.7 Å². The number of hydrogen-bond donors (Lipinski definition) is 2. The summed E-state index contributed by atoms with van der Waals surface area (Å²) in [5, 5.41) is 0. The second kappa shape index (κ2) is 8.95. The summed E-state index contributed by atoms with van der Waals surface area (Å²) in [5.74, 6) is -0.981. The van der Waals surface area contributed by atoms with Gasteiger partial charge >= 0.3 is 0 Å². The number of carbonyl (C=O) groups is 2. The Balaban J connectivity index is 1.65. The van der Waals surface area contributed by atoms with Gasteiger partial charge in [-0.15, -0.1) is 0 Å². The first-order valence-electron chi connectivity index (χ1n) is 9.60. The molecule has 0 saturated carbocycles. The average molecular weight is 432 g/mol. The topological polar surface area (TPSA) is 105 Å². The predicted molar refractivity (Wildman–Crippen MR) is 111 cm³/mol. The number of benzene rings is 2. The van der Waals surface area contributed by atoms with Gasteiger partial charge in [0.2, 0.25) is 10.0 Å². The number of amides is 2. The molecule has 0 bridgehead atoms. The zero-order chi connectivity index (χ0) is 21.9. The summed E-state index contributed by atoms with van der Waals surface area (Å²) in [6.45, 7) is 6.01. The number of sulfonamides is 1. The first-order chi connectivity index (χ1) is 14.2. The summed E-state index contributed by atoms with van der Waals surface area (Å²) >= 11 is 0. The number of rotatable bonds is 4. The molecule has 2 unspecified atom stereocenters. The highest BCUT2D eigenvalue weighted by Crippen LogP contribution is 2.21. The molecule has 3 rings (SSSR count). The number of morpholine rings is 1. The zero-order valence-electron chi connectivity index (χ0n) is 17.1. The summed E-state index contributed by atoms with van der Waals surface area (Å²) in [5.41, 5.74) is 6.17. The lowest BCUT2D eigenvalue weighted by atomic mass is 10.1. The number of hydrazine groups is 1. The third kappa shape index (κ3) is 4.86. The van der Waals surface area contributed by atoms with Crippen molar-refractivity contribution >= 4 is 21.8 Å². The van der Waals surface area contributed by atoms with Crippen LogP contribution in [0.4, 0.5) is 0 Å². The van der Waals surface area contributed by atoms with E-state index in [9.17, 15) is 18.0 Å². The van der Waals surface area contributed by atoms with Gasteiger partial charge in [0.1, 0.15) is 0 Å². The number of nitrogens with one attached hydrogen (secondary N) is 2. The fraction of sp³-hybridized carbons (Fsp3) is 0.333. The van der Waals surface area contributed by atoms with Crippen LogP contribution in [0.15, 0.2) is 53.4 Å². The van der Waals surface area contributed by atoms with Gasteiger partial charge in [-0.2, -0.15) is 4.31 Å². The fourth-order valence-electron chi connectivity index (χ4n) is 3.34. The van der Waals surface area contributed by atoms with Gasteiger partial charge in [-0.1, -0.05) is 18.2 Å². The van der Waals surface area contributed by atoms with Crippen molar-refractivity contribution in [1.82, 2.24) is 15.2 Å². The van der Waals surface area contributed by atoms with Gasteiger partial charge in [0.05, 0.1) is 17.1 Å². The van der Waals surface area contributed by atoms with E-state index in [1.165, 1.54) is 28.6 Å². The van der Waals surface area contributed by atoms with E-state index in [1.54, 1.807) is 25.1 Å². The predicted octanol–water partition coefficient (Wildman–Crippen LogP) is 1.87. The molecule has 2 atom stereocenters. The van der Waals surface area contributed by atoms with Gasteiger partial charge in [0, 0.05) is 24.2 Å². The van der Waals surface area contributed by atoms with E-state index < -0.39 is 21.8 Å². The Morgan fingerprint density at radius 3 is 2.10 bits per heavy atom. The Labute approximate surface area is 176 Å². The van der Waals surface area contributed by atoms with Crippen LogP contribution in [0.3, 0.4) is 0 Å². The lowest BCUT2D eigenvalue weighted by Gasteiger charge is -2.34. The van der Waals surface area contributed by atoms with Crippen LogP contribution in [0, 0.1) is 6.92 Å². The molecule has 1 heterocycles. The molecule has 0 aliphatic carbocycles. The SMILES string of the molecule is Cc1ccccc1C(=O)NNC(=O)c1ccc(S(=O)(=O)N2CC(C)OC(C)C2)cc1. The Bertz CT molecular complexity index is 1030. The van der Waals surface area contributed by atoms with E-state index in [-0.39, 0.29) is 35.8 Å². The number of carbonyl (C=O) groups excluding carboxylic acids is 2. The summed E-state index contributed by atoms with van der Waals surface area (Å²) in [4.78, 5) is 24.6. The highest BCUT2D eigenvalue weighted by atomic mass is 32.2. The van der Waals surface area contributed by atoms with Crippen molar-refractivity contribution in [3.05, 3.63) is 65.2 Å². The van der Waals surface area contributed by atoms with Crippen molar-refractivity contribution in [2.75, 3.05) is 13.1 Å². The molecule has 2 amide bonds. The van der Waals surface area contributed by atoms with Crippen LogP contribution in [0.5, 0.6) is 0 Å². The van der Waals surface area contributed by atoms with Gasteiger partial charge in [-0.3, -0.25) is 20.4 Å². The quantitative estimate of drug-likeness (QED) is 0.719. The van der Waals surface area contributed by atoms with Gasteiger partial charge in [0.15, 0.2) is 0 Å². The Kier molecular flexibility index (Phi) is 6.55. The normalized spacial score (nSPS) is 19.8. The summed E-state index contributed by atoms with van der Waals surface area (Å²) in [7, 11) is -3.68. The van der Waals surface area contributed by atoms with Crippen molar-refractivity contribution in [2.45, 2.75) is 37.9 Å². The van der Waals surface area contributed by atoms with Gasteiger partial charge in [-0.25, -0.2) is 8.42 Å².